The first-order valence-electron chi connectivity index (χ1n) is 10.1. The summed E-state index contributed by atoms with van der Waals surface area (Å²) in [5.41, 5.74) is 0.329. The Hall–Kier alpha value is -0.0800. The second kappa shape index (κ2) is 11.5. The highest BCUT2D eigenvalue weighted by Crippen LogP contribution is 2.32. The number of unbranched alkanes of at least 4 members (excludes halogenated alkanes) is 8. The van der Waals surface area contributed by atoms with Crippen molar-refractivity contribution in [3.8, 4) is 0 Å². The lowest BCUT2D eigenvalue weighted by Crippen LogP contribution is -2.45. The average Bonchev–Trinajstić information content (AvgIpc) is 2.94. The van der Waals surface area contributed by atoms with E-state index in [1.165, 1.54) is 77.0 Å². The third-order valence-electron chi connectivity index (χ3n) is 5.56. The SMILES string of the molecule is CCCCCCCC(C)(CCCCCCC)N1CC[C@@H](O)C1. The van der Waals surface area contributed by atoms with E-state index in [-0.39, 0.29) is 6.10 Å². The summed E-state index contributed by atoms with van der Waals surface area (Å²) in [7, 11) is 0. The van der Waals surface area contributed by atoms with E-state index >= 15 is 0 Å². The average molecular weight is 312 g/mol. The molecule has 0 amide bonds. The van der Waals surface area contributed by atoms with E-state index in [4.69, 9.17) is 0 Å². The van der Waals surface area contributed by atoms with Gasteiger partial charge >= 0.3 is 0 Å². The van der Waals surface area contributed by atoms with Crippen molar-refractivity contribution in [3.05, 3.63) is 0 Å². The van der Waals surface area contributed by atoms with E-state index in [0.29, 0.717) is 5.54 Å². The molecule has 132 valence electrons. The van der Waals surface area contributed by atoms with Crippen LogP contribution in [-0.2, 0) is 0 Å². The standard InChI is InChI=1S/C20H41NO/c1-4-6-8-10-12-15-20(3,16-13-11-9-7-5-2)21-17-14-19(22)18-21/h19,22H,4-18H2,1-3H3/t19-/m1/s1. The molecule has 0 aromatic heterocycles. The molecule has 0 aromatic carbocycles. The number of aliphatic hydroxyl groups is 1. The summed E-state index contributed by atoms with van der Waals surface area (Å²) >= 11 is 0. The quantitative estimate of drug-likeness (QED) is 0.452. The van der Waals surface area contributed by atoms with Crippen molar-refractivity contribution in [1.82, 2.24) is 4.90 Å². The van der Waals surface area contributed by atoms with Gasteiger partial charge in [-0.25, -0.2) is 0 Å². The minimum Gasteiger partial charge on any atom is -0.392 e. The summed E-state index contributed by atoms with van der Waals surface area (Å²) < 4.78 is 0. The predicted molar refractivity (Wildman–Crippen MR) is 97.4 cm³/mol. The lowest BCUT2D eigenvalue weighted by molar-refractivity contribution is 0.0855. The molecule has 2 nitrogen and oxygen atoms in total. The van der Waals surface area contributed by atoms with Gasteiger partial charge in [0, 0.05) is 18.6 Å². The number of hydrogen-bond acceptors (Lipinski definition) is 2. The molecule has 1 aliphatic heterocycles. The Balaban J connectivity index is 2.38. The maximum atomic E-state index is 9.90. The van der Waals surface area contributed by atoms with Gasteiger partial charge in [-0.1, -0.05) is 78.1 Å². The maximum Gasteiger partial charge on any atom is 0.0679 e. The normalized spacial score (nSPS) is 19.9. The molecule has 22 heavy (non-hydrogen) atoms. The second-order valence-corrected chi connectivity index (χ2v) is 7.71. The number of aliphatic hydroxyl groups excluding tert-OH is 1. The van der Waals surface area contributed by atoms with Gasteiger partial charge < -0.3 is 5.11 Å². The Morgan fingerprint density at radius 3 is 1.77 bits per heavy atom. The van der Waals surface area contributed by atoms with Crippen LogP contribution in [0.5, 0.6) is 0 Å². The Bertz CT molecular complexity index is 252. The molecule has 0 unspecified atom stereocenters. The van der Waals surface area contributed by atoms with Crippen molar-refractivity contribution in [1.29, 1.82) is 0 Å². The molecule has 1 saturated heterocycles. The fourth-order valence-corrected chi connectivity index (χ4v) is 3.89. The molecule has 1 aliphatic rings. The molecule has 0 aromatic rings. The highest BCUT2D eigenvalue weighted by atomic mass is 16.3. The largest absolute Gasteiger partial charge is 0.392 e. The molecule has 0 radical (unpaired) electrons. The predicted octanol–water partition coefficient (Wildman–Crippen LogP) is 5.53. The summed E-state index contributed by atoms with van der Waals surface area (Å²) in [4.78, 5) is 2.59. The zero-order chi connectivity index (χ0) is 16.3. The van der Waals surface area contributed by atoms with Crippen LogP contribution in [0.4, 0.5) is 0 Å². The summed E-state index contributed by atoms with van der Waals surface area (Å²) in [5.74, 6) is 0. The first kappa shape index (κ1) is 20.0. The molecule has 0 saturated carbocycles. The molecular weight excluding hydrogens is 270 g/mol. The van der Waals surface area contributed by atoms with Crippen LogP contribution >= 0.6 is 0 Å². The Kier molecular flexibility index (Phi) is 10.4. The second-order valence-electron chi connectivity index (χ2n) is 7.71. The highest BCUT2D eigenvalue weighted by Gasteiger charge is 2.35. The van der Waals surface area contributed by atoms with Gasteiger partial charge in [0.15, 0.2) is 0 Å². The van der Waals surface area contributed by atoms with Gasteiger partial charge in [-0.05, 0) is 26.2 Å². The zero-order valence-electron chi connectivity index (χ0n) is 15.6. The molecule has 1 atom stereocenters. The molecule has 1 fully saturated rings. The number of hydrogen-bond donors (Lipinski definition) is 1. The summed E-state index contributed by atoms with van der Waals surface area (Å²) in [5, 5.41) is 9.90. The van der Waals surface area contributed by atoms with E-state index in [1.807, 2.05) is 0 Å². The molecular formula is C20H41NO. The topological polar surface area (TPSA) is 23.5 Å². The molecule has 0 spiro atoms. The maximum absolute atomic E-state index is 9.90. The number of likely N-dealkylation sites (tertiary alicyclic amines) is 1. The van der Waals surface area contributed by atoms with Gasteiger partial charge in [0.25, 0.3) is 0 Å². The van der Waals surface area contributed by atoms with Gasteiger partial charge in [-0.15, -0.1) is 0 Å². The van der Waals surface area contributed by atoms with E-state index < -0.39 is 0 Å². The van der Waals surface area contributed by atoms with E-state index in [0.717, 1.165) is 19.5 Å². The van der Waals surface area contributed by atoms with Crippen molar-refractivity contribution in [2.45, 2.75) is 116 Å². The minimum absolute atomic E-state index is 0.0838. The molecule has 0 aliphatic carbocycles. The van der Waals surface area contributed by atoms with Gasteiger partial charge in [0.2, 0.25) is 0 Å². The summed E-state index contributed by atoms with van der Waals surface area (Å²) in [6, 6.07) is 0. The lowest BCUT2D eigenvalue weighted by atomic mass is 9.86. The lowest BCUT2D eigenvalue weighted by Gasteiger charge is -2.39. The van der Waals surface area contributed by atoms with Gasteiger partial charge in [-0.2, -0.15) is 0 Å². The third-order valence-corrected chi connectivity index (χ3v) is 5.56. The van der Waals surface area contributed by atoms with Crippen LogP contribution in [0.2, 0.25) is 0 Å². The van der Waals surface area contributed by atoms with Crippen LogP contribution in [0.1, 0.15) is 104 Å². The van der Waals surface area contributed by atoms with Crippen LogP contribution in [-0.4, -0.2) is 34.7 Å². The number of nitrogens with zero attached hydrogens (tertiary/aromatic N) is 1. The van der Waals surface area contributed by atoms with Crippen LogP contribution in [0, 0.1) is 0 Å². The fraction of sp³-hybridized carbons (Fsp3) is 1.00. The molecule has 0 bridgehead atoms. The Morgan fingerprint density at radius 2 is 1.36 bits per heavy atom. The number of β-amino-alcohol motifs (C(OH)–C–C–N with tert-alkyl or cyclic N) is 1. The summed E-state index contributed by atoms with van der Waals surface area (Å²) in [6.45, 7) is 9.03. The third kappa shape index (κ3) is 7.46. The van der Waals surface area contributed by atoms with Crippen molar-refractivity contribution in [2.75, 3.05) is 13.1 Å². The van der Waals surface area contributed by atoms with Crippen LogP contribution in [0.15, 0.2) is 0 Å². The molecule has 1 rings (SSSR count). The first-order chi connectivity index (χ1) is 10.6. The molecule has 1 N–H and O–H groups in total. The highest BCUT2D eigenvalue weighted by molar-refractivity contribution is 4.91. The van der Waals surface area contributed by atoms with E-state index in [9.17, 15) is 5.11 Å². The van der Waals surface area contributed by atoms with Gasteiger partial charge in [0.1, 0.15) is 0 Å². The van der Waals surface area contributed by atoms with Crippen LogP contribution in [0.25, 0.3) is 0 Å². The van der Waals surface area contributed by atoms with Crippen LogP contribution in [0.3, 0.4) is 0 Å². The smallest absolute Gasteiger partial charge is 0.0679 e. The van der Waals surface area contributed by atoms with Crippen LogP contribution < -0.4 is 0 Å². The number of rotatable bonds is 13. The Labute approximate surface area is 139 Å². The zero-order valence-corrected chi connectivity index (χ0v) is 15.6. The van der Waals surface area contributed by atoms with Crippen molar-refractivity contribution in [3.63, 3.8) is 0 Å². The summed E-state index contributed by atoms with van der Waals surface area (Å²) in [6.07, 6.45) is 17.2. The molecule has 2 heteroatoms. The van der Waals surface area contributed by atoms with Gasteiger partial charge in [0.05, 0.1) is 6.10 Å². The van der Waals surface area contributed by atoms with Crippen molar-refractivity contribution < 1.29 is 5.11 Å². The molecule has 1 heterocycles. The minimum atomic E-state index is -0.0838. The van der Waals surface area contributed by atoms with Crippen molar-refractivity contribution >= 4 is 0 Å². The van der Waals surface area contributed by atoms with E-state index in [2.05, 4.69) is 25.7 Å². The van der Waals surface area contributed by atoms with Gasteiger partial charge in [-0.3, -0.25) is 4.90 Å². The Morgan fingerprint density at radius 1 is 0.864 bits per heavy atom. The van der Waals surface area contributed by atoms with E-state index in [1.54, 1.807) is 0 Å². The van der Waals surface area contributed by atoms with Crippen molar-refractivity contribution in [2.24, 2.45) is 0 Å². The first-order valence-corrected chi connectivity index (χ1v) is 10.1. The monoisotopic (exact) mass is 311 g/mol. The fourth-order valence-electron chi connectivity index (χ4n) is 3.89.